The van der Waals surface area contributed by atoms with Crippen LogP contribution < -0.4 is 10.6 Å². The van der Waals surface area contributed by atoms with Crippen molar-refractivity contribution in [1.82, 2.24) is 10.6 Å². The lowest BCUT2D eigenvalue weighted by molar-refractivity contribution is -0.126. The quantitative estimate of drug-likeness (QED) is 0.857. The van der Waals surface area contributed by atoms with Crippen molar-refractivity contribution < 1.29 is 13.9 Å². The molecular formula is C13H18ClFN2O2. The number of benzene rings is 1. The fraction of sp³-hybridized carbons (Fsp3) is 0.462. The van der Waals surface area contributed by atoms with Crippen molar-refractivity contribution in [3.05, 3.63) is 35.1 Å². The second-order valence-corrected chi connectivity index (χ2v) is 4.43. The van der Waals surface area contributed by atoms with Crippen molar-refractivity contribution in [3.63, 3.8) is 0 Å². The predicted octanol–water partition coefficient (Wildman–Crippen LogP) is 1.23. The SMILES string of the molecule is COCc1cc(CNC(=O)C2CNC2)ccc1F.Cl. The average Bonchev–Trinajstić information content (AvgIpc) is 2.28. The van der Waals surface area contributed by atoms with Crippen molar-refractivity contribution in [2.24, 2.45) is 5.92 Å². The van der Waals surface area contributed by atoms with Gasteiger partial charge in [0.15, 0.2) is 0 Å². The number of carbonyl (C=O) groups excluding carboxylic acids is 1. The summed E-state index contributed by atoms with van der Waals surface area (Å²) in [5.74, 6) is -0.162. The Balaban J connectivity index is 0.00000180. The van der Waals surface area contributed by atoms with E-state index in [2.05, 4.69) is 10.6 Å². The lowest BCUT2D eigenvalue weighted by atomic mass is 10.0. The number of methoxy groups -OCH3 is 1. The lowest BCUT2D eigenvalue weighted by Gasteiger charge is -2.25. The molecule has 2 N–H and O–H groups in total. The molecule has 19 heavy (non-hydrogen) atoms. The van der Waals surface area contributed by atoms with Gasteiger partial charge in [-0.3, -0.25) is 4.79 Å². The van der Waals surface area contributed by atoms with Gasteiger partial charge in [-0.15, -0.1) is 12.4 Å². The molecule has 1 saturated heterocycles. The lowest BCUT2D eigenvalue weighted by Crippen LogP contribution is -2.50. The monoisotopic (exact) mass is 288 g/mol. The molecule has 1 fully saturated rings. The first kappa shape index (κ1) is 15.9. The molecule has 1 heterocycles. The van der Waals surface area contributed by atoms with Gasteiger partial charge < -0.3 is 15.4 Å². The second kappa shape index (κ2) is 7.43. The van der Waals surface area contributed by atoms with E-state index in [4.69, 9.17) is 4.74 Å². The van der Waals surface area contributed by atoms with Gasteiger partial charge in [-0.05, 0) is 17.7 Å². The van der Waals surface area contributed by atoms with Crippen LogP contribution in [-0.4, -0.2) is 26.1 Å². The highest BCUT2D eigenvalue weighted by Gasteiger charge is 2.24. The van der Waals surface area contributed by atoms with Crippen molar-refractivity contribution in [3.8, 4) is 0 Å². The van der Waals surface area contributed by atoms with E-state index < -0.39 is 0 Å². The van der Waals surface area contributed by atoms with Crippen LogP contribution in [-0.2, 0) is 22.7 Å². The minimum absolute atomic E-state index is 0. The second-order valence-electron chi connectivity index (χ2n) is 4.43. The first-order valence-electron chi connectivity index (χ1n) is 5.95. The van der Waals surface area contributed by atoms with Crippen LogP contribution in [0.15, 0.2) is 18.2 Å². The Bertz CT molecular complexity index is 439. The molecule has 2 rings (SSSR count). The Morgan fingerprint density at radius 1 is 1.53 bits per heavy atom. The van der Waals surface area contributed by atoms with Crippen LogP contribution in [0.1, 0.15) is 11.1 Å². The molecule has 4 nitrogen and oxygen atoms in total. The molecule has 0 aliphatic carbocycles. The Kier molecular flexibility index (Phi) is 6.21. The summed E-state index contributed by atoms with van der Waals surface area (Å²) in [7, 11) is 1.53. The van der Waals surface area contributed by atoms with Crippen molar-refractivity contribution in [1.29, 1.82) is 0 Å². The minimum Gasteiger partial charge on any atom is -0.380 e. The molecule has 0 atom stereocenters. The van der Waals surface area contributed by atoms with E-state index in [0.717, 1.165) is 18.7 Å². The largest absolute Gasteiger partial charge is 0.380 e. The highest BCUT2D eigenvalue weighted by Crippen LogP contribution is 2.12. The molecule has 6 heteroatoms. The molecule has 0 unspecified atom stereocenters. The average molecular weight is 289 g/mol. The van der Waals surface area contributed by atoms with Gasteiger partial charge in [0.1, 0.15) is 5.82 Å². The Hall–Kier alpha value is -1.17. The summed E-state index contributed by atoms with van der Waals surface area (Å²) < 4.78 is 18.3. The number of amides is 1. The van der Waals surface area contributed by atoms with Crippen LogP contribution in [0.3, 0.4) is 0 Å². The molecule has 1 amide bonds. The maximum Gasteiger partial charge on any atom is 0.225 e. The van der Waals surface area contributed by atoms with Gasteiger partial charge in [-0.2, -0.15) is 0 Å². The van der Waals surface area contributed by atoms with Gasteiger partial charge in [0.2, 0.25) is 5.91 Å². The molecular weight excluding hydrogens is 271 g/mol. The number of rotatable bonds is 5. The van der Waals surface area contributed by atoms with Crippen LogP contribution >= 0.6 is 12.4 Å². The third-order valence-electron chi connectivity index (χ3n) is 3.03. The van der Waals surface area contributed by atoms with Crippen LogP contribution in [0.4, 0.5) is 4.39 Å². The van der Waals surface area contributed by atoms with Gasteiger partial charge >= 0.3 is 0 Å². The van der Waals surface area contributed by atoms with Crippen LogP contribution in [0, 0.1) is 11.7 Å². The summed E-state index contributed by atoms with van der Waals surface area (Å²) in [4.78, 5) is 11.6. The van der Waals surface area contributed by atoms with Crippen molar-refractivity contribution in [2.45, 2.75) is 13.2 Å². The summed E-state index contributed by atoms with van der Waals surface area (Å²) in [5.41, 5.74) is 1.39. The van der Waals surface area contributed by atoms with Gasteiger partial charge in [0, 0.05) is 32.3 Å². The number of carbonyl (C=O) groups is 1. The van der Waals surface area contributed by atoms with Crippen LogP contribution in [0.5, 0.6) is 0 Å². The van der Waals surface area contributed by atoms with E-state index in [1.54, 1.807) is 12.1 Å². The molecule has 1 aliphatic heterocycles. The zero-order chi connectivity index (χ0) is 13.0. The number of ether oxygens (including phenoxy) is 1. The van der Waals surface area contributed by atoms with E-state index in [0.29, 0.717) is 12.1 Å². The first-order valence-corrected chi connectivity index (χ1v) is 5.95. The molecule has 106 valence electrons. The highest BCUT2D eigenvalue weighted by atomic mass is 35.5. The summed E-state index contributed by atoms with van der Waals surface area (Å²) in [5, 5.41) is 5.89. The standard InChI is InChI=1S/C13H17FN2O2.ClH/c1-18-8-10-4-9(2-3-12(10)14)5-16-13(17)11-6-15-7-11;/h2-4,11,15H,5-8H2,1H3,(H,16,17);1H. The Labute approximate surface area is 118 Å². The van der Waals surface area contributed by atoms with Crippen LogP contribution in [0.25, 0.3) is 0 Å². The van der Waals surface area contributed by atoms with Gasteiger partial charge in [0.05, 0.1) is 12.5 Å². The maximum absolute atomic E-state index is 13.4. The summed E-state index contributed by atoms with van der Waals surface area (Å²) in [6, 6.07) is 4.80. The first-order chi connectivity index (χ1) is 8.70. The number of nitrogens with one attached hydrogen (secondary N) is 2. The highest BCUT2D eigenvalue weighted by molar-refractivity contribution is 5.85. The molecule has 0 radical (unpaired) electrons. The fourth-order valence-corrected chi connectivity index (χ4v) is 1.81. The van der Waals surface area contributed by atoms with E-state index in [1.807, 2.05) is 0 Å². The third kappa shape index (κ3) is 4.16. The van der Waals surface area contributed by atoms with Gasteiger partial charge in [0.25, 0.3) is 0 Å². The van der Waals surface area contributed by atoms with E-state index >= 15 is 0 Å². The summed E-state index contributed by atoms with van der Waals surface area (Å²) >= 11 is 0. The Morgan fingerprint density at radius 3 is 2.84 bits per heavy atom. The molecule has 1 aromatic carbocycles. The van der Waals surface area contributed by atoms with Gasteiger partial charge in [-0.25, -0.2) is 4.39 Å². The fourth-order valence-electron chi connectivity index (χ4n) is 1.81. The molecule has 0 aromatic heterocycles. The normalized spacial score (nSPS) is 14.4. The Morgan fingerprint density at radius 2 is 2.26 bits per heavy atom. The van der Waals surface area contributed by atoms with E-state index in [1.165, 1.54) is 13.2 Å². The molecule has 1 aliphatic rings. The number of halogens is 2. The zero-order valence-corrected chi connectivity index (χ0v) is 11.6. The van der Waals surface area contributed by atoms with Crippen molar-refractivity contribution >= 4 is 18.3 Å². The zero-order valence-electron chi connectivity index (χ0n) is 10.7. The van der Waals surface area contributed by atoms with E-state index in [9.17, 15) is 9.18 Å². The molecule has 0 bridgehead atoms. The maximum atomic E-state index is 13.4. The molecule has 1 aromatic rings. The summed E-state index contributed by atoms with van der Waals surface area (Å²) in [6.45, 7) is 2.14. The predicted molar refractivity (Wildman–Crippen MR) is 72.6 cm³/mol. The molecule has 0 saturated carbocycles. The topological polar surface area (TPSA) is 50.4 Å². The van der Waals surface area contributed by atoms with E-state index in [-0.39, 0.29) is 36.7 Å². The van der Waals surface area contributed by atoms with Crippen LogP contribution in [0.2, 0.25) is 0 Å². The third-order valence-corrected chi connectivity index (χ3v) is 3.03. The number of hydrogen-bond donors (Lipinski definition) is 2. The molecule has 0 spiro atoms. The van der Waals surface area contributed by atoms with Crippen molar-refractivity contribution in [2.75, 3.05) is 20.2 Å². The van der Waals surface area contributed by atoms with Gasteiger partial charge in [-0.1, -0.05) is 6.07 Å². The minimum atomic E-state index is -0.282. The smallest absolute Gasteiger partial charge is 0.225 e. The number of hydrogen-bond acceptors (Lipinski definition) is 3. The summed E-state index contributed by atoms with van der Waals surface area (Å²) in [6.07, 6.45) is 0.